The summed E-state index contributed by atoms with van der Waals surface area (Å²) in [6.45, 7) is 3.30. The topological polar surface area (TPSA) is 101 Å². The van der Waals surface area contributed by atoms with Crippen LogP contribution in [0.4, 0.5) is 0 Å². The number of fused-ring (bicyclic) bond motifs is 2. The third-order valence-electron chi connectivity index (χ3n) is 4.50. The van der Waals surface area contributed by atoms with Gasteiger partial charge in [0.05, 0.1) is 11.1 Å². The predicted octanol–water partition coefficient (Wildman–Crippen LogP) is 2.15. The van der Waals surface area contributed by atoms with Gasteiger partial charge in [0.2, 0.25) is 0 Å². The Morgan fingerprint density at radius 1 is 1.00 bits per heavy atom. The zero-order chi connectivity index (χ0) is 16.3. The van der Waals surface area contributed by atoms with E-state index in [-0.39, 0.29) is 35.1 Å². The number of esters is 1. The molecule has 2 fully saturated rings. The zero-order valence-electron chi connectivity index (χ0n) is 12.3. The second kappa shape index (κ2) is 6.77. The molecule has 6 nitrogen and oxygen atoms in total. The van der Waals surface area contributed by atoms with Crippen LogP contribution in [-0.4, -0.2) is 34.2 Å². The first-order valence-corrected chi connectivity index (χ1v) is 7.47. The lowest BCUT2D eigenvalue weighted by atomic mass is 9.92. The molecule has 0 amide bonds. The maximum Gasteiger partial charge on any atom is 0.332 e. The molecule has 2 unspecified atom stereocenters. The lowest BCUT2D eigenvalue weighted by Gasteiger charge is -2.24. The molecule has 3 aliphatic carbocycles. The van der Waals surface area contributed by atoms with Crippen molar-refractivity contribution in [2.24, 2.45) is 11.8 Å². The third-order valence-corrected chi connectivity index (χ3v) is 4.50. The number of carbonyl (C=O) groups excluding carboxylic acids is 1. The Balaban J connectivity index is 0.000000172. The van der Waals surface area contributed by atoms with Crippen LogP contribution in [0, 0.1) is 11.8 Å². The largest absolute Gasteiger partial charge is 0.478 e. The van der Waals surface area contributed by atoms with Crippen molar-refractivity contribution in [3.8, 4) is 0 Å². The highest BCUT2D eigenvalue weighted by atomic mass is 16.5. The Kier molecular flexibility index (Phi) is 5.00. The number of carboxylic acids is 2. The molecular weight excluding hydrogens is 288 g/mol. The van der Waals surface area contributed by atoms with E-state index in [1.54, 1.807) is 0 Å². The minimum absolute atomic E-state index is 0.00593. The van der Waals surface area contributed by atoms with Crippen LogP contribution in [0.15, 0.2) is 23.8 Å². The van der Waals surface area contributed by atoms with Crippen LogP contribution in [0.25, 0.3) is 0 Å². The Bertz CT molecular complexity index is 499. The molecule has 2 N–H and O–H groups in total. The maximum atomic E-state index is 10.8. The molecule has 0 aromatic heterocycles. The quantitative estimate of drug-likeness (QED) is 0.609. The van der Waals surface area contributed by atoms with Crippen molar-refractivity contribution in [1.29, 1.82) is 0 Å². The van der Waals surface area contributed by atoms with Gasteiger partial charge in [0.1, 0.15) is 6.10 Å². The van der Waals surface area contributed by atoms with Gasteiger partial charge in [-0.2, -0.15) is 0 Å². The summed E-state index contributed by atoms with van der Waals surface area (Å²) in [7, 11) is 0. The molecule has 120 valence electrons. The summed E-state index contributed by atoms with van der Waals surface area (Å²) in [5.74, 6) is -2.41. The van der Waals surface area contributed by atoms with Crippen molar-refractivity contribution in [3.05, 3.63) is 23.8 Å². The molecule has 6 heteroatoms. The van der Waals surface area contributed by atoms with Crippen molar-refractivity contribution in [3.63, 3.8) is 0 Å². The van der Waals surface area contributed by atoms with Gasteiger partial charge in [-0.15, -0.1) is 0 Å². The normalized spacial score (nSPS) is 25.8. The van der Waals surface area contributed by atoms with Crippen LogP contribution in [0.3, 0.4) is 0 Å². The van der Waals surface area contributed by atoms with Crippen molar-refractivity contribution in [2.45, 2.75) is 44.6 Å². The van der Waals surface area contributed by atoms with Crippen LogP contribution in [0.2, 0.25) is 0 Å². The van der Waals surface area contributed by atoms with E-state index in [9.17, 15) is 14.4 Å². The average molecular weight is 308 g/mol. The molecule has 0 saturated heterocycles. The number of carbonyl (C=O) groups is 3. The summed E-state index contributed by atoms with van der Waals surface area (Å²) < 4.78 is 4.88. The van der Waals surface area contributed by atoms with Gasteiger partial charge < -0.3 is 14.9 Å². The smallest absolute Gasteiger partial charge is 0.332 e. The molecule has 0 aliphatic heterocycles. The fourth-order valence-electron chi connectivity index (χ4n) is 3.23. The fourth-order valence-corrected chi connectivity index (χ4v) is 3.23. The number of aliphatic carboxylic acids is 2. The zero-order valence-corrected chi connectivity index (χ0v) is 12.3. The van der Waals surface area contributed by atoms with Crippen molar-refractivity contribution >= 4 is 17.9 Å². The molecule has 3 aliphatic rings. The summed E-state index contributed by atoms with van der Waals surface area (Å²) >= 11 is 0. The van der Waals surface area contributed by atoms with Crippen LogP contribution in [0.1, 0.15) is 38.5 Å². The molecule has 0 radical (unpaired) electrons. The average Bonchev–Trinajstić information content (AvgIpc) is 3.03. The number of rotatable bonds is 4. The first-order chi connectivity index (χ1) is 10.4. The van der Waals surface area contributed by atoms with Gasteiger partial charge in [0.15, 0.2) is 0 Å². The number of hydrogen-bond acceptors (Lipinski definition) is 4. The number of hydrogen-bond donors (Lipinski definition) is 2. The van der Waals surface area contributed by atoms with E-state index in [1.165, 1.54) is 12.5 Å². The van der Waals surface area contributed by atoms with Crippen molar-refractivity contribution in [1.82, 2.24) is 0 Å². The van der Waals surface area contributed by atoms with Gasteiger partial charge in [-0.05, 0) is 50.4 Å². The predicted molar refractivity (Wildman–Crippen MR) is 77.1 cm³/mol. The van der Waals surface area contributed by atoms with Crippen LogP contribution in [0.5, 0.6) is 0 Å². The molecule has 2 bridgehead atoms. The molecule has 0 heterocycles. The lowest BCUT2D eigenvalue weighted by Crippen LogP contribution is -2.23. The van der Waals surface area contributed by atoms with Gasteiger partial charge >= 0.3 is 17.9 Å². The van der Waals surface area contributed by atoms with Gasteiger partial charge in [0.25, 0.3) is 0 Å². The molecule has 22 heavy (non-hydrogen) atoms. The molecular formula is C16H20O6. The summed E-state index contributed by atoms with van der Waals surface area (Å²) in [6, 6.07) is 0. The second-order valence-corrected chi connectivity index (χ2v) is 5.84. The first kappa shape index (κ1) is 16.3. The highest BCUT2D eigenvalue weighted by Gasteiger charge is 2.44. The maximum absolute atomic E-state index is 10.8. The van der Waals surface area contributed by atoms with E-state index in [2.05, 4.69) is 6.58 Å². The van der Waals surface area contributed by atoms with E-state index >= 15 is 0 Å². The summed E-state index contributed by atoms with van der Waals surface area (Å²) in [4.78, 5) is 32.0. The summed E-state index contributed by atoms with van der Waals surface area (Å²) in [5, 5.41) is 17.7. The molecule has 3 rings (SSSR count). The fraction of sp³-hybridized carbons (Fsp3) is 0.562. The van der Waals surface area contributed by atoms with Gasteiger partial charge in [-0.25, -0.2) is 14.4 Å². The van der Waals surface area contributed by atoms with Gasteiger partial charge in [-0.1, -0.05) is 6.58 Å². The van der Waals surface area contributed by atoms with E-state index in [0.29, 0.717) is 0 Å². The molecule has 2 atom stereocenters. The van der Waals surface area contributed by atoms with E-state index in [1.807, 2.05) is 0 Å². The van der Waals surface area contributed by atoms with E-state index in [0.717, 1.165) is 32.1 Å². The summed E-state index contributed by atoms with van der Waals surface area (Å²) in [5.41, 5.74) is 0.313. The highest BCUT2D eigenvalue weighted by Crippen LogP contribution is 2.48. The minimum Gasteiger partial charge on any atom is -0.478 e. The van der Waals surface area contributed by atoms with Crippen LogP contribution < -0.4 is 0 Å². The van der Waals surface area contributed by atoms with E-state index in [4.69, 9.17) is 14.9 Å². The molecule has 0 aromatic rings. The monoisotopic (exact) mass is 308 g/mol. The highest BCUT2D eigenvalue weighted by molar-refractivity contribution is 6.01. The van der Waals surface area contributed by atoms with Crippen LogP contribution >= 0.6 is 0 Å². The number of carboxylic acid groups (broad SMARTS) is 2. The standard InChI is InChI=1S/C9H10O4.C7H10O2/c10-8(11)6-4-1-2-5(3-4)7(6)9(12)13;1-2-7(8)9-6-4-3-5-6/h4-5H,1-3H2,(H,10,11)(H,12,13);2,6H,1,3-5H2. The van der Waals surface area contributed by atoms with Crippen LogP contribution in [-0.2, 0) is 19.1 Å². The van der Waals surface area contributed by atoms with Gasteiger partial charge in [-0.3, -0.25) is 0 Å². The first-order valence-electron chi connectivity index (χ1n) is 7.47. The van der Waals surface area contributed by atoms with Crippen molar-refractivity contribution < 1.29 is 29.3 Å². The second-order valence-electron chi connectivity index (χ2n) is 5.84. The Morgan fingerprint density at radius 2 is 1.50 bits per heavy atom. The summed E-state index contributed by atoms with van der Waals surface area (Å²) in [6.07, 6.45) is 7.04. The molecule has 0 aromatic carbocycles. The minimum atomic E-state index is -1.05. The third kappa shape index (κ3) is 3.37. The molecule has 0 spiro atoms. The lowest BCUT2D eigenvalue weighted by molar-refractivity contribution is -0.146. The van der Waals surface area contributed by atoms with Gasteiger partial charge in [0, 0.05) is 6.08 Å². The number of ether oxygens (including phenoxy) is 1. The molecule has 2 saturated carbocycles. The van der Waals surface area contributed by atoms with Crippen molar-refractivity contribution in [2.75, 3.05) is 0 Å². The Morgan fingerprint density at radius 3 is 1.82 bits per heavy atom. The van der Waals surface area contributed by atoms with E-state index < -0.39 is 11.9 Å². The SMILES string of the molecule is C=CC(=O)OC1CCC1.O=C(O)C1=C(C(=O)O)C2CCC1C2. The Hall–Kier alpha value is -2.11. The Labute approximate surface area is 128 Å².